The number of carbonyl (C=O) groups is 1. The molecule has 1 heterocycles. The summed E-state index contributed by atoms with van der Waals surface area (Å²) in [5, 5.41) is 2.32. The maximum atomic E-state index is 13.5. The molecule has 4 rings (SSSR count). The van der Waals surface area contributed by atoms with E-state index in [4.69, 9.17) is 0 Å². The molecule has 3 aromatic carbocycles. The van der Waals surface area contributed by atoms with E-state index in [0.29, 0.717) is 0 Å². The minimum Gasteiger partial charge on any atom is -0.324 e. The summed E-state index contributed by atoms with van der Waals surface area (Å²) in [5.74, 6) is -0.822. The average molecular weight is 475 g/mol. The van der Waals surface area contributed by atoms with Crippen LogP contribution in [0.3, 0.4) is 0 Å². The molecule has 0 spiro atoms. The summed E-state index contributed by atoms with van der Waals surface area (Å²) < 4.78 is 68.2. The number of sulfonamides is 1. The SMILES string of the molecule is Cc1ccc(S(=O)(=O)N2Cc3ccccc3C[C@@H]2C(=O)Nc2ccccc2C(F)(F)F)cc1. The molecule has 1 atom stereocenters. The molecule has 0 aromatic heterocycles. The number of alkyl halides is 3. The van der Waals surface area contributed by atoms with Gasteiger partial charge in [0, 0.05) is 6.54 Å². The fourth-order valence-corrected chi connectivity index (χ4v) is 5.44. The van der Waals surface area contributed by atoms with Crippen molar-refractivity contribution in [1.82, 2.24) is 4.31 Å². The molecule has 33 heavy (non-hydrogen) atoms. The number of halogens is 3. The highest BCUT2D eigenvalue weighted by Crippen LogP contribution is 2.35. The number of fused-ring (bicyclic) bond motifs is 1. The number of nitrogens with one attached hydrogen (secondary N) is 1. The van der Waals surface area contributed by atoms with Gasteiger partial charge >= 0.3 is 6.18 Å². The molecule has 1 aliphatic rings. The number of carbonyl (C=O) groups excluding carboxylic acids is 1. The van der Waals surface area contributed by atoms with Crippen LogP contribution in [0.15, 0.2) is 77.7 Å². The third-order valence-corrected chi connectivity index (χ3v) is 7.49. The number of anilines is 1. The van der Waals surface area contributed by atoms with Crippen LogP contribution in [0.5, 0.6) is 0 Å². The lowest BCUT2D eigenvalue weighted by atomic mass is 9.95. The normalized spacial score (nSPS) is 16.8. The molecule has 172 valence electrons. The van der Waals surface area contributed by atoms with Crippen LogP contribution in [0.1, 0.15) is 22.3 Å². The molecule has 0 radical (unpaired) electrons. The van der Waals surface area contributed by atoms with Crippen molar-refractivity contribution in [2.24, 2.45) is 0 Å². The maximum absolute atomic E-state index is 13.5. The van der Waals surface area contributed by atoms with Gasteiger partial charge in [0.15, 0.2) is 0 Å². The largest absolute Gasteiger partial charge is 0.418 e. The lowest BCUT2D eigenvalue weighted by Gasteiger charge is -2.35. The Morgan fingerprint density at radius 2 is 1.55 bits per heavy atom. The number of rotatable bonds is 4. The Labute approximate surface area is 189 Å². The highest BCUT2D eigenvalue weighted by Gasteiger charge is 2.40. The molecule has 0 bridgehead atoms. The van der Waals surface area contributed by atoms with Crippen LogP contribution in [-0.2, 0) is 34.0 Å². The number of nitrogens with zero attached hydrogens (tertiary/aromatic N) is 1. The van der Waals surface area contributed by atoms with Crippen LogP contribution in [0, 0.1) is 6.92 Å². The molecule has 0 saturated heterocycles. The number of hydrogen-bond donors (Lipinski definition) is 1. The predicted octanol–water partition coefficient (Wildman–Crippen LogP) is 4.77. The molecule has 9 heteroatoms. The van der Waals surface area contributed by atoms with E-state index in [9.17, 15) is 26.4 Å². The van der Waals surface area contributed by atoms with E-state index in [1.807, 2.05) is 6.92 Å². The highest BCUT2D eigenvalue weighted by molar-refractivity contribution is 7.89. The van der Waals surface area contributed by atoms with Gasteiger partial charge in [-0.2, -0.15) is 17.5 Å². The van der Waals surface area contributed by atoms with Crippen molar-refractivity contribution in [2.45, 2.75) is 37.0 Å². The second-order valence-corrected chi connectivity index (χ2v) is 9.78. The Hall–Kier alpha value is -3.17. The molecular weight excluding hydrogens is 453 g/mol. The standard InChI is InChI=1S/C24H21F3N2O3S/c1-16-10-12-19(13-11-16)33(31,32)29-15-18-7-3-2-6-17(18)14-22(29)23(30)28-21-9-5-4-8-20(21)24(25,26)27/h2-13,22H,14-15H2,1H3,(H,28,30)/t22-/m1/s1. The first kappa shape index (κ1) is 23.0. The molecule has 1 N–H and O–H groups in total. The van der Waals surface area contributed by atoms with E-state index in [1.165, 1.54) is 24.3 Å². The van der Waals surface area contributed by atoms with Gasteiger partial charge in [-0.3, -0.25) is 4.79 Å². The minimum atomic E-state index is -4.67. The van der Waals surface area contributed by atoms with E-state index in [1.54, 1.807) is 36.4 Å². The van der Waals surface area contributed by atoms with Crippen LogP contribution in [0.2, 0.25) is 0 Å². The van der Waals surface area contributed by atoms with Gasteiger partial charge in [-0.25, -0.2) is 8.42 Å². The smallest absolute Gasteiger partial charge is 0.324 e. The quantitative estimate of drug-likeness (QED) is 0.593. The summed E-state index contributed by atoms with van der Waals surface area (Å²) in [6, 6.07) is 16.7. The fraction of sp³-hybridized carbons (Fsp3) is 0.208. The zero-order valence-electron chi connectivity index (χ0n) is 17.6. The topological polar surface area (TPSA) is 66.5 Å². The number of para-hydroxylation sites is 1. The van der Waals surface area contributed by atoms with Crippen molar-refractivity contribution in [2.75, 3.05) is 5.32 Å². The second-order valence-electron chi connectivity index (χ2n) is 7.88. The molecule has 0 fully saturated rings. The molecule has 0 unspecified atom stereocenters. The van der Waals surface area contributed by atoms with E-state index in [2.05, 4.69) is 5.32 Å². The number of hydrogen-bond acceptors (Lipinski definition) is 3. The van der Waals surface area contributed by atoms with E-state index in [0.717, 1.165) is 33.1 Å². The van der Waals surface area contributed by atoms with Crippen LogP contribution in [0.4, 0.5) is 18.9 Å². The van der Waals surface area contributed by atoms with Crippen LogP contribution in [0.25, 0.3) is 0 Å². The summed E-state index contributed by atoms with van der Waals surface area (Å²) in [4.78, 5) is 13.2. The Bertz CT molecular complexity index is 1290. The van der Waals surface area contributed by atoms with Gasteiger partial charge in [0.2, 0.25) is 15.9 Å². The molecule has 0 saturated carbocycles. The Kier molecular flexibility index (Phi) is 6.02. The zero-order valence-corrected chi connectivity index (χ0v) is 18.5. The first-order valence-electron chi connectivity index (χ1n) is 10.2. The summed E-state index contributed by atoms with van der Waals surface area (Å²) in [6.45, 7) is 1.76. The molecule has 5 nitrogen and oxygen atoms in total. The van der Waals surface area contributed by atoms with Gasteiger partial charge in [0.1, 0.15) is 6.04 Å². The van der Waals surface area contributed by atoms with Crippen LogP contribution < -0.4 is 5.32 Å². The van der Waals surface area contributed by atoms with Crippen molar-refractivity contribution in [1.29, 1.82) is 0 Å². The van der Waals surface area contributed by atoms with Gasteiger partial charge in [0.25, 0.3) is 0 Å². The van der Waals surface area contributed by atoms with E-state index < -0.39 is 39.4 Å². The van der Waals surface area contributed by atoms with Gasteiger partial charge in [-0.1, -0.05) is 54.1 Å². The molecule has 0 aliphatic carbocycles. The van der Waals surface area contributed by atoms with Crippen LogP contribution in [-0.4, -0.2) is 24.7 Å². The van der Waals surface area contributed by atoms with Crippen molar-refractivity contribution < 1.29 is 26.4 Å². The first-order valence-corrected chi connectivity index (χ1v) is 11.6. The highest BCUT2D eigenvalue weighted by atomic mass is 32.2. The molecule has 1 aliphatic heterocycles. The van der Waals surface area contributed by atoms with Crippen molar-refractivity contribution >= 4 is 21.6 Å². The second kappa shape index (κ2) is 8.64. The van der Waals surface area contributed by atoms with Gasteiger partial charge < -0.3 is 5.32 Å². The summed E-state index contributed by atoms with van der Waals surface area (Å²) in [5.41, 5.74) is 0.977. The molecular formula is C24H21F3N2O3S. The Morgan fingerprint density at radius 1 is 0.939 bits per heavy atom. The summed E-state index contributed by atoms with van der Waals surface area (Å²) in [6.07, 6.45) is -4.63. The summed E-state index contributed by atoms with van der Waals surface area (Å²) in [7, 11) is -4.10. The first-order chi connectivity index (χ1) is 15.6. The predicted molar refractivity (Wildman–Crippen MR) is 118 cm³/mol. The summed E-state index contributed by atoms with van der Waals surface area (Å²) >= 11 is 0. The van der Waals surface area contributed by atoms with Crippen molar-refractivity contribution in [3.8, 4) is 0 Å². The number of aryl methyl sites for hydroxylation is 1. The Morgan fingerprint density at radius 3 is 2.21 bits per heavy atom. The fourth-order valence-electron chi connectivity index (χ4n) is 3.88. The van der Waals surface area contributed by atoms with E-state index >= 15 is 0 Å². The van der Waals surface area contributed by atoms with Crippen molar-refractivity contribution in [3.05, 3.63) is 95.1 Å². The van der Waals surface area contributed by atoms with Gasteiger partial charge in [-0.05, 0) is 48.7 Å². The minimum absolute atomic E-state index is 0.0148. The van der Waals surface area contributed by atoms with Crippen LogP contribution >= 0.6 is 0 Å². The third kappa shape index (κ3) is 4.65. The van der Waals surface area contributed by atoms with Crippen molar-refractivity contribution in [3.63, 3.8) is 0 Å². The number of benzene rings is 3. The third-order valence-electron chi connectivity index (χ3n) is 5.63. The monoisotopic (exact) mass is 474 g/mol. The zero-order chi connectivity index (χ0) is 23.8. The molecule has 1 amide bonds. The Balaban J connectivity index is 1.73. The van der Waals surface area contributed by atoms with Gasteiger partial charge in [0.05, 0.1) is 16.1 Å². The molecule has 3 aromatic rings. The number of amides is 1. The van der Waals surface area contributed by atoms with E-state index in [-0.39, 0.29) is 17.9 Å². The lowest BCUT2D eigenvalue weighted by molar-refractivity contribution is -0.137. The average Bonchev–Trinajstić information content (AvgIpc) is 2.78. The maximum Gasteiger partial charge on any atom is 0.418 e. The van der Waals surface area contributed by atoms with Gasteiger partial charge in [-0.15, -0.1) is 0 Å². The lowest BCUT2D eigenvalue weighted by Crippen LogP contribution is -2.50.